The van der Waals surface area contributed by atoms with E-state index in [1.807, 2.05) is 48.2 Å². The second kappa shape index (κ2) is 8.31. The van der Waals surface area contributed by atoms with Gasteiger partial charge in [-0.05, 0) is 73.9 Å². The van der Waals surface area contributed by atoms with Crippen LogP contribution in [0.3, 0.4) is 0 Å². The van der Waals surface area contributed by atoms with Gasteiger partial charge < -0.3 is 9.64 Å². The van der Waals surface area contributed by atoms with Crippen molar-refractivity contribution in [2.45, 2.75) is 32.4 Å². The molecule has 168 valence electrons. The van der Waals surface area contributed by atoms with Crippen LogP contribution in [0.25, 0.3) is 22.2 Å². The molecule has 5 rings (SSSR count). The average Bonchev–Trinajstić information content (AvgIpc) is 3.59. The van der Waals surface area contributed by atoms with E-state index in [0.29, 0.717) is 17.8 Å². The number of benzene rings is 2. The normalized spacial score (nSPS) is 13.3. The molecule has 0 aliphatic heterocycles. The fraction of sp³-hybridized carbons (Fsp3) is 0.269. The van der Waals surface area contributed by atoms with Crippen molar-refractivity contribution in [1.29, 1.82) is 0 Å². The van der Waals surface area contributed by atoms with E-state index in [9.17, 15) is 9.18 Å². The van der Waals surface area contributed by atoms with Crippen molar-refractivity contribution in [2.24, 2.45) is 7.05 Å². The van der Waals surface area contributed by atoms with Crippen LogP contribution >= 0.6 is 0 Å². The molecule has 2 heterocycles. The molecule has 1 saturated carbocycles. The van der Waals surface area contributed by atoms with E-state index >= 15 is 0 Å². The fourth-order valence-electron chi connectivity index (χ4n) is 4.20. The number of carbonyl (C=O) groups excluding carboxylic acids is 1. The van der Waals surface area contributed by atoms with E-state index in [2.05, 4.69) is 5.10 Å². The van der Waals surface area contributed by atoms with Crippen LogP contribution in [-0.2, 0) is 13.6 Å². The number of halogens is 1. The van der Waals surface area contributed by atoms with Crippen LogP contribution in [0.15, 0.2) is 54.6 Å². The average molecular weight is 445 g/mol. The summed E-state index contributed by atoms with van der Waals surface area (Å²) in [5, 5.41) is 5.18. The van der Waals surface area contributed by atoms with E-state index in [0.717, 1.165) is 46.5 Å². The Morgan fingerprint density at radius 2 is 1.91 bits per heavy atom. The van der Waals surface area contributed by atoms with Gasteiger partial charge in [-0.1, -0.05) is 0 Å². The number of aromatic nitrogens is 3. The van der Waals surface area contributed by atoms with Crippen LogP contribution in [0, 0.1) is 12.7 Å². The van der Waals surface area contributed by atoms with Crippen molar-refractivity contribution in [3.63, 3.8) is 0 Å². The lowest BCUT2D eigenvalue weighted by Gasteiger charge is -2.24. The molecule has 6 nitrogen and oxygen atoms in total. The van der Waals surface area contributed by atoms with Crippen LogP contribution in [0.2, 0.25) is 0 Å². The van der Waals surface area contributed by atoms with Gasteiger partial charge in [0.05, 0.1) is 24.0 Å². The predicted molar refractivity (Wildman–Crippen MR) is 125 cm³/mol. The molecule has 4 aromatic rings. The van der Waals surface area contributed by atoms with Crippen LogP contribution in [0.4, 0.5) is 4.39 Å². The summed E-state index contributed by atoms with van der Waals surface area (Å²) < 4.78 is 20.8. The first-order chi connectivity index (χ1) is 15.9. The van der Waals surface area contributed by atoms with E-state index in [1.54, 1.807) is 24.9 Å². The summed E-state index contributed by atoms with van der Waals surface area (Å²) in [4.78, 5) is 20.2. The summed E-state index contributed by atoms with van der Waals surface area (Å²) in [6.45, 7) is 2.29. The van der Waals surface area contributed by atoms with E-state index in [-0.39, 0.29) is 17.8 Å². The number of ether oxygens (including phenoxy) is 1. The maximum atomic E-state index is 13.9. The topological polar surface area (TPSA) is 60.2 Å². The molecular weight excluding hydrogens is 419 g/mol. The minimum atomic E-state index is -0.329. The number of rotatable bonds is 6. The molecule has 0 radical (unpaired) electrons. The van der Waals surface area contributed by atoms with Crippen LogP contribution in [0.1, 0.15) is 34.6 Å². The van der Waals surface area contributed by atoms with Gasteiger partial charge in [-0.15, -0.1) is 0 Å². The van der Waals surface area contributed by atoms with Crippen molar-refractivity contribution < 1.29 is 13.9 Å². The molecule has 0 atom stereocenters. The van der Waals surface area contributed by atoms with E-state index in [1.165, 1.54) is 12.1 Å². The smallest absolute Gasteiger partial charge is 0.272 e. The number of fused-ring (bicyclic) bond motifs is 1. The molecule has 0 bridgehead atoms. The molecule has 0 N–H and O–H groups in total. The summed E-state index contributed by atoms with van der Waals surface area (Å²) in [5.74, 6) is 0.374. The number of amides is 1. The highest BCUT2D eigenvalue weighted by Gasteiger charge is 2.35. The largest absolute Gasteiger partial charge is 0.497 e. The van der Waals surface area contributed by atoms with Crippen LogP contribution < -0.4 is 4.74 Å². The van der Waals surface area contributed by atoms with Gasteiger partial charge in [-0.2, -0.15) is 5.10 Å². The SMILES string of the molecule is COc1ccc(-c2nc3cc(F)ccc3cc2CN(C(=O)c2cc(C)nn2C)C2CC2)cc1. The van der Waals surface area contributed by atoms with Gasteiger partial charge in [-0.25, -0.2) is 9.37 Å². The Morgan fingerprint density at radius 1 is 1.15 bits per heavy atom. The number of hydrogen-bond acceptors (Lipinski definition) is 4. The molecule has 7 heteroatoms. The first-order valence-electron chi connectivity index (χ1n) is 11.0. The molecule has 1 aliphatic carbocycles. The zero-order valence-corrected chi connectivity index (χ0v) is 18.9. The van der Waals surface area contributed by atoms with Crippen molar-refractivity contribution in [3.05, 3.63) is 77.4 Å². The number of hydrogen-bond donors (Lipinski definition) is 0. The lowest BCUT2D eigenvalue weighted by atomic mass is 10.0. The number of aryl methyl sites for hydroxylation is 2. The quantitative estimate of drug-likeness (QED) is 0.425. The second-order valence-corrected chi connectivity index (χ2v) is 8.52. The molecule has 33 heavy (non-hydrogen) atoms. The van der Waals surface area contributed by atoms with Crippen molar-refractivity contribution >= 4 is 16.8 Å². The van der Waals surface area contributed by atoms with E-state index < -0.39 is 0 Å². The van der Waals surface area contributed by atoms with Crippen molar-refractivity contribution in [1.82, 2.24) is 19.7 Å². The number of methoxy groups -OCH3 is 1. The highest BCUT2D eigenvalue weighted by Crippen LogP contribution is 2.34. The molecule has 1 aliphatic rings. The van der Waals surface area contributed by atoms with Crippen LogP contribution in [0.5, 0.6) is 5.75 Å². The summed E-state index contributed by atoms with van der Waals surface area (Å²) >= 11 is 0. The third-order valence-corrected chi connectivity index (χ3v) is 6.03. The Morgan fingerprint density at radius 3 is 2.55 bits per heavy atom. The minimum absolute atomic E-state index is 0.0412. The maximum Gasteiger partial charge on any atom is 0.272 e. The maximum absolute atomic E-state index is 13.9. The first-order valence-corrected chi connectivity index (χ1v) is 11.0. The third-order valence-electron chi connectivity index (χ3n) is 6.03. The Labute approximate surface area is 191 Å². The van der Waals surface area contributed by atoms with Gasteiger partial charge in [-0.3, -0.25) is 9.48 Å². The van der Waals surface area contributed by atoms with Gasteiger partial charge in [0.15, 0.2) is 0 Å². The van der Waals surface area contributed by atoms with Gasteiger partial charge in [0.1, 0.15) is 17.3 Å². The summed E-state index contributed by atoms with van der Waals surface area (Å²) in [6, 6.07) is 16.2. The summed E-state index contributed by atoms with van der Waals surface area (Å²) in [5.41, 5.74) is 4.49. The lowest BCUT2D eigenvalue weighted by molar-refractivity contribution is 0.0719. The third kappa shape index (κ3) is 4.18. The highest BCUT2D eigenvalue weighted by atomic mass is 19.1. The minimum Gasteiger partial charge on any atom is -0.497 e. The number of carbonyl (C=O) groups is 1. The Balaban J connectivity index is 1.59. The molecular formula is C26H25FN4O2. The van der Waals surface area contributed by atoms with Crippen molar-refractivity contribution in [3.8, 4) is 17.0 Å². The van der Waals surface area contributed by atoms with Gasteiger partial charge >= 0.3 is 0 Å². The van der Waals surface area contributed by atoms with Crippen molar-refractivity contribution in [2.75, 3.05) is 7.11 Å². The molecule has 2 aromatic heterocycles. The first kappa shape index (κ1) is 21.1. The van der Waals surface area contributed by atoms with Gasteiger partial charge in [0.25, 0.3) is 5.91 Å². The van der Waals surface area contributed by atoms with Crippen LogP contribution in [-0.4, -0.2) is 38.7 Å². The summed E-state index contributed by atoms with van der Waals surface area (Å²) in [6.07, 6.45) is 1.96. The van der Waals surface area contributed by atoms with Gasteiger partial charge in [0.2, 0.25) is 0 Å². The van der Waals surface area contributed by atoms with Gasteiger partial charge in [0, 0.05) is 36.7 Å². The zero-order valence-electron chi connectivity index (χ0n) is 18.9. The highest BCUT2D eigenvalue weighted by molar-refractivity contribution is 5.93. The molecule has 0 spiro atoms. The molecule has 1 amide bonds. The number of pyridine rings is 1. The fourth-order valence-corrected chi connectivity index (χ4v) is 4.20. The molecule has 0 unspecified atom stereocenters. The Bertz CT molecular complexity index is 1340. The number of nitrogens with zero attached hydrogens (tertiary/aromatic N) is 4. The Kier molecular flexibility index (Phi) is 5.32. The Hall–Kier alpha value is -3.74. The standard InChI is InChI=1S/C26H25FN4O2/c1-16-12-24(30(2)29-16)26(32)31(21-8-9-21)15-19-13-18-4-7-20(27)14-23(18)28-25(19)17-5-10-22(33-3)11-6-17/h4-7,10-14,21H,8-9,15H2,1-3H3. The molecule has 2 aromatic carbocycles. The lowest BCUT2D eigenvalue weighted by Crippen LogP contribution is -2.34. The molecule has 1 fully saturated rings. The predicted octanol–water partition coefficient (Wildman–Crippen LogP) is 4.90. The zero-order chi connectivity index (χ0) is 23.1. The second-order valence-electron chi connectivity index (χ2n) is 8.52. The summed E-state index contributed by atoms with van der Waals surface area (Å²) in [7, 11) is 3.41. The van der Waals surface area contributed by atoms with E-state index in [4.69, 9.17) is 9.72 Å². The monoisotopic (exact) mass is 444 g/mol. The molecule has 0 saturated heterocycles.